The maximum absolute atomic E-state index is 9.99. The molecule has 0 aromatic heterocycles. The number of aliphatic hydroxyl groups excluding tert-OH is 1. The summed E-state index contributed by atoms with van der Waals surface area (Å²) in [4.78, 5) is 2.28. The Morgan fingerprint density at radius 2 is 2.33 bits per heavy atom. The third kappa shape index (κ3) is 2.60. The number of hydrogen-bond acceptors (Lipinski definition) is 4. The molecule has 1 heterocycles. The van der Waals surface area contributed by atoms with Crippen LogP contribution < -0.4 is 15.4 Å². The van der Waals surface area contributed by atoms with Gasteiger partial charge in [0.25, 0.3) is 0 Å². The van der Waals surface area contributed by atoms with Crippen molar-refractivity contribution in [2.45, 2.75) is 32.5 Å². The zero-order valence-electron chi connectivity index (χ0n) is 11.1. The van der Waals surface area contributed by atoms with Crippen molar-refractivity contribution in [3.8, 4) is 5.75 Å². The number of likely N-dealkylation sites (N-methyl/N-ethyl adjacent to an activating group) is 1. The molecule has 0 fully saturated rings. The van der Waals surface area contributed by atoms with Crippen LogP contribution in [0, 0.1) is 0 Å². The van der Waals surface area contributed by atoms with Gasteiger partial charge in [-0.2, -0.15) is 0 Å². The number of hydrogen-bond donors (Lipinski definition) is 2. The van der Waals surface area contributed by atoms with Crippen LogP contribution in [0.3, 0.4) is 0 Å². The number of benzene rings is 1. The molecule has 4 nitrogen and oxygen atoms in total. The average molecular weight is 250 g/mol. The Labute approximate surface area is 108 Å². The van der Waals surface area contributed by atoms with Gasteiger partial charge in [-0.15, -0.1) is 0 Å². The molecule has 1 aliphatic rings. The lowest BCUT2D eigenvalue weighted by atomic mass is 10.0. The van der Waals surface area contributed by atoms with E-state index >= 15 is 0 Å². The van der Waals surface area contributed by atoms with Crippen LogP contribution in [0.25, 0.3) is 0 Å². The summed E-state index contributed by atoms with van der Waals surface area (Å²) in [7, 11) is 0. The van der Waals surface area contributed by atoms with Crippen LogP contribution in [0.15, 0.2) is 18.2 Å². The van der Waals surface area contributed by atoms with Gasteiger partial charge >= 0.3 is 0 Å². The lowest BCUT2D eigenvalue weighted by Crippen LogP contribution is -2.38. The zero-order chi connectivity index (χ0) is 13.1. The lowest BCUT2D eigenvalue weighted by molar-refractivity contribution is 0.169. The van der Waals surface area contributed by atoms with E-state index in [4.69, 9.17) is 10.5 Å². The van der Waals surface area contributed by atoms with Gasteiger partial charge in [-0.25, -0.2) is 0 Å². The molecular formula is C14H22N2O2. The Morgan fingerprint density at radius 3 is 3.00 bits per heavy atom. The molecule has 0 aliphatic carbocycles. The van der Waals surface area contributed by atoms with E-state index < -0.39 is 6.10 Å². The Balaban J connectivity index is 2.29. The van der Waals surface area contributed by atoms with E-state index in [1.54, 1.807) is 0 Å². The fourth-order valence-corrected chi connectivity index (χ4v) is 2.38. The number of rotatable bonds is 4. The normalized spacial score (nSPS) is 20.2. The summed E-state index contributed by atoms with van der Waals surface area (Å²) in [5.41, 5.74) is 7.47. The van der Waals surface area contributed by atoms with Crippen LogP contribution in [0.5, 0.6) is 5.75 Å². The largest absolute Gasteiger partial charge is 0.487 e. The summed E-state index contributed by atoms with van der Waals surface area (Å²) < 4.78 is 5.81. The van der Waals surface area contributed by atoms with Crippen LogP contribution >= 0.6 is 0 Å². The molecule has 0 spiro atoms. The van der Waals surface area contributed by atoms with Crippen molar-refractivity contribution in [2.24, 2.45) is 5.73 Å². The highest BCUT2D eigenvalue weighted by Gasteiger charge is 2.22. The first-order valence-corrected chi connectivity index (χ1v) is 6.59. The summed E-state index contributed by atoms with van der Waals surface area (Å²) in [5.74, 6) is 0.902. The second-order valence-electron chi connectivity index (χ2n) is 4.79. The second-order valence-corrected chi connectivity index (χ2v) is 4.79. The fourth-order valence-electron chi connectivity index (χ4n) is 2.38. The summed E-state index contributed by atoms with van der Waals surface area (Å²) >= 11 is 0. The molecule has 0 bridgehead atoms. The Bertz CT molecular complexity index is 409. The third-order valence-corrected chi connectivity index (χ3v) is 3.34. The molecule has 2 atom stereocenters. The third-order valence-electron chi connectivity index (χ3n) is 3.34. The molecular weight excluding hydrogens is 228 g/mol. The maximum Gasteiger partial charge on any atom is 0.143 e. The zero-order valence-corrected chi connectivity index (χ0v) is 11.1. The van der Waals surface area contributed by atoms with E-state index in [0.717, 1.165) is 30.1 Å². The van der Waals surface area contributed by atoms with Crippen molar-refractivity contribution in [3.05, 3.63) is 23.8 Å². The van der Waals surface area contributed by atoms with E-state index in [0.29, 0.717) is 13.0 Å². The first kappa shape index (κ1) is 13.2. The van der Waals surface area contributed by atoms with Crippen molar-refractivity contribution in [1.82, 2.24) is 0 Å². The summed E-state index contributed by atoms with van der Waals surface area (Å²) in [6.07, 6.45) is 0.304. The number of nitrogens with two attached hydrogens (primary N) is 1. The first-order chi connectivity index (χ1) is 8.65. The number of fused-ring (bicyclic) bond motifs is 1. The minimum absolute atomic E-state index is 0.206. The van der Waals surface area contributed by atoms with Gasteiger partial charge in [-0.1, -0.05) is 6.07 Å². The molecule has 2 rings (SSSR count). The van der Waals surface area contributed by atoms with Gasteiger partial charge in [-0.05, 0) is 44.5 Å². The number of anilines is 1. The molecule has 1 aliphatic heterocycles. The summed E-state index contributed by atoms with van der Waals surface area (Å²) in [5, 5.41) is 9.99. The molecule has 2 unspecified atom stereocenters. The Kier molecular flexibility index (Phi) is 4.09. The van der Waals surface area contributed by atoms with E-state index in [2.05, 4.69) is 18.7 Å². The van der Waals surface area contributed by atoms with E-state index in [1.165, 1.54) is 0 Å². The van der Waals surface area contributed by atoms with Crippen LogP contribution in [0.1, 0.15) is 31.9 Å². The quantitative estimate of drug-likeness (QED) is 0.853. The summed E-state index contributed by atoms with van der Waals surface area (Å²) in [6.45, 7) is 6.52. The summed E-state index contributed by atoms with van der Waals surface area (Å²) in [6, 6.07) is 5.89. The maximum atomic E-state index is 9.99. The molecule has 100 valence electrons. The van der Waals surface area contributed by atoms with Gasteiger partial charge in [0, 0.05) is 6.54 Å². The SMILES string of the molecule is CCN1CC(C)Oc2ccc(C(O)CCN)cc21. The van der Waals surface area contributed by atoms with Crippen molar-refractivity contribution < 1.29 is 9.84 Å². The van der Waals surface area contributed by atoms with Gasteiger partial charge in [0.15, 0.2) is 0 Å². The van der Waals surface area contributed by atoms with Gasteiger partial charge in [0.2, 0.25) is 0 Å². The molecule has 4 heteroatoms. The molecule has 1 aromatic rings. The van der Waals surface area contributed by atoms with Gasteiger partial charge in [0.05, 0.1) is 18.3 Å². The van der Waals surface area contributed by atoms with E-state index in [1.807, 2.05) is 18.2 Å². The van der Waals surface area contributed by atoms with Crippen LogP contribution in [0.2, 0.25) is 0 Å². The highest BCUT2D eigenvalue weighted by molar-refractivity contribution is 5.61. The van der Waals surface area contributed by atoms with Crippen LogP contribution in [-0.2, 0) is 0 Å². The molecule has 0 amide bonds. The predicted octanol–water partition coefficient (Wildman–Crippen LogP) is 1.68. The standard InChI is InChI=1S/C14H22N2O2/c1-3-16-9-10(2)18-14-5-4-11(8-12(14)16)13(17)6-7-15/h4-5,8,10,13,17H,3,6-7,9,15H2,1-2H3. The van der Waals surface area contributed by atoms with Crippen LogP contribution in [-0.4, -0.2) is 30.8 Å². The fraction of sp³-hybridized carbons (Fsp3) is 0.571. The number of nitrogens with zero attached hydrogens (tertiary/aromatic N) is 1. The minimum atomic E-state index is -0.488. The van der Waals surface area contributed by atoms with Crippen molar-refractivity contribution >= 4 is 5.69 Å². The highest BCUT2D eigenvalue weighted by Crippen LogP contribution is 2.35. The van der Waals surface area contributed by atoms with Gasteiger partial charge < -0.3 is 20.5 Å². The topological polar surface area (TPSA) is 58.7 Å². The number of ether oxygens (including phenoxy) is 1. The molecule has 0 saturated carbocycles. The molecule has 1 aromatic carbocycles. The smallest absolute Gasteiger partial charge is 0.143 e. The van der Waals surface area contributed by atoms with Crippen molar-refractivity contribution in [3.63, 3.8) is 0 Å². The van der Waals surface area contributed by atoms with Crippen molar-refractivity contribution in [2.75, 3.05) is 24.5 Å². The molecule has 3 N–H and O–H groups in total. The first-order valence-electron chi connectivity index (χ1n) is 6.59. The molecule has 18 heavy (non-hydrogen) atoms. The Hall–Kier alpha value is -1.26. The van der Waals surface area contributed by atoms with E-state index in [-0.39, 0.29) is 6.10 Å². The lowest BCUT2D eigenvalue weighted by Gasteiger charge is -2.34. The van der Waals surface area contributed by atoms with Crippen LogP contribution in [0.4, 0.5) is 5.69 Å². The van der Waals surface area contributed by atoms with Crippen molar-refractivity contribution in [1.29, 1.82) is 0 Å². The minimum Gasteiger partial charge on any atom is -0.487 e. The molecule has 0 saturated heterocycles. The highest BCUT2D eigenvalue weighted by atomic mass is 16.5. The number of aliphatic hydroxyl groups is 1. The predicted molar refractivity (Wildman–Crippen MR) is 73.1 cm³/mol. The Morgan fingerprint density at radius 1 is 1.56 bits per heavy atom. The van der Waals surface area contributed by atoms with Gasteiger partial charge in [0.1, 0.15) is 11.9 Å². The average Bonchev–Trinajstić information content (AvgIpc) is 2.37. The molecule has 0 radical (unpaired) electrons. The van der Waals surface area contributed by atoms with E-state index in [9.17, 15) is 5.11 Å². The van der Waals surface area contributed by atoms with Gasteiger partial charge in [-0.3, -0.25) is 0 Å². The second kappa shape index (κ2) is 5.59. The monoisotopic (exact) mass is 250 g/mol.